The number of rotatable bonds is 10. The number of piperazine rings is 1. The summed E-state index contributed by atoms with van der Waals surface area (Å²) in [6, 6.07) is 9.27. The van der Waals surface area contributed by atoms with E-state index in [-0.39, 0.29) is 44.0 Å². The number of amides is 5. The summed E-state index contributed by atoms with van der Waals surface area (Å²) in [5.74, 6) is 0.280. The second-order valence-electron chi connectivity index (χ2n) is 16.1. The van der Waals surface area contributed by atoms with Gasteiger partial charge in [-0.15, -0.1) is 0 Å². The van der Waals surface area contributed by atoms with Gasteiger partial charge in [0.1, 0.15) is 22.6 Å². The molecule has 1 saturated heterocycles. The first-order valence-corrected chi connectivity index (χ1v) is 18.0. The van der Waals surface area contributed by atoms with Crippen molar-refractivity contribution < 1.29 is 28.7 Å². The molecule has 1 aliphatic heterocycles. The highest BCUT2D eigenvalue weighted by Crippen LogP contribution is 2.25. The summed E-state index contributed by atoms with van der Waals surface area (Å²) >= 11 is 0. The van der Waals surface area contributed by atoms with Crippen LogP contribution in [0.1, 0.15) is 80.2 Å². The fourth-order valence-corrected chi connectivity index (χ4v) is 6.21. The Labute approximate surface area is 306 Å². The van der Waals surface area contributed by atoms with Crippen LogP contribution in [0.3, 0.4) is 0 Å². The van der Waals surface area contributed by atoms with Crippen LogP contribution in [0.2, 0.25) is 0 Å². The highest BCUT2D eigenvalue weighted by atomic mass is 16.6. The minimum absolute atomic E-state index is 0.130. The van der Waals surface area contributed by atoms with Gasteiger partial charge in [0, 0.05) is 45.0 Å². The normalized spacial score (nSPS) is 18.1. The molecule has 2 aliphatic rings. The maximum absolute atomic E-state index is 13.1. The molecule has 286 valence electrons. The first kappa shape index (κ1) is 40.1. The summed E-state index contributed by atoms with van der Waals surface area (Å²) in [5.41, 5.74) is -1.13. The zero-order chi connectivity index (χ0) is 38.3. The minimum atomic E-state index is -1.19. The number of hydrogen-bond donors (Lipinski definition) is 4. The molecular weight excluding hydrogens is 668 g/mol. The van der Waals surface area contributed by atoms with E-state index in [0.717, 1.165) is 37.8 Å². The van der Waals surface area contributed by atoms with Crippen LogP contribution in [0.4, 0.5) is 20.2 Å². The fraction of sp³-hybridized carbons (Fsp3) is 0.622. The van der Waals surface area contributed by atoms with Gasteiger partial charge in [-0.25, -0.2) is 19.2 Å². The zero-order valence-corrected chi connectivity index (χ0v) is 31.8. The monoisotopic (exact) mass is 724 g/mol. The predicted octanol–water partition coefficient (Wildman–Crippen LogP) is 4.04. The van der Waals surface area contributed by atoms with E-state index in [9.17, 15) is 24.0 Å². The lowest BCUT2D eigenvalue weighted by molar-refractivity contribution is -0.138. The zero-order valence-electron chi connectivity index (χ0n) is 31.8. The Morgan fingerprint density at radius 1 is 0.827 bits per heavy atom. The van der Waals surface area contributed by atoms with Gasteiger partial charge in [-0.2, -0.15) is 4.98 Å². The molecule has 2 aromatic rings. The molecular formula is C37H56N8O7. The third kappa shape index (κ3) is 12.2. The largest absolute Gasteiger partial charge is 0.444 e. The Bertz CT molecular complexity index is 1620. The molecule has 52 heavy (non-hydrogen) atoms. The van der Waals surface area contributed by atoms with Gasteiger partial charge in [0.2, 0.25) is 5.91 Å². The minimum Gasteiger partial charge on any atom is -0.444 e. The van der Waals surface area contributed by atoms with E-state index in [0.29, 0.717) is 24.2 Å². The topological polar surface area (TPSA) is 176 Å². The van der Waals surface area contributed by atoms with Crippen molar-refractivity contribution in [1.82, 2.24) is 35.3 Å². The number of hydrogen-bond acceptors (Lipinski definition) is 9. The van der Waals surface area contributed by atoms with Crippen molar-refractivity contribution in [2.24, 2.45) is 5.92 Å². The third-order valence-electron chi connectivity index (χ3n) is 8.78. The van der Waals surface area contributed by atoms with Gasteiger partial charge >= 0.3 is 23.9 Å². The van der Waals surface area contributed by atoms with Crippen molar-refractivity contribution in [3.05, 3.63) is 52.6 Å². The molecule has 5 amide bonds. The summed E-state index contributed by atoms with van der Waals surface area (Å²) in [4.78, 5) is 70.4. The number of carbonyl (C=O) groups is 4. The molecule has 0 radical (unpaired) electrons. The number of nitrogens with one attached hydrogen (secondary N) is 4. The molecule has 4 N–H and O–H groups in total. The second-order valence-corrected chi connectivity index (χ2v) is 16.1. The van der Waals surface area contributed by atoms with Crippen LogP contribution in [0.5, 0.6) is 0 Å². The van der Waals surface area contributed by atoms with E-state index in [1.807, 2.05) is 45.0 Å². The molecule has 2 heterocycles. The van der Waals surface area contributed by atoms with Gasteiger partial charge in [-0.3, -0.25) is 14.7 Å². The quantitative estimate of drug-likeness (QED) is 0.282. The Kier molecular flexibility index (Phi) is 12.9. The molecule has 1 aliphatic carbocycles. The summed E-state index contributed by atoms with van der Waals surface area (Å²) < 4.78 is 12.0. The average molecular weight is 725 g/mol. The van der Waals surface area contributed by atoms with E-state index >= 15 is 0 Å². The van der Waals surface area contributed by atoms with E-state index in [4.69, 9.17) is 9.47 Å². The van der Waals surface area contributed by atoms with Crippen molar-refractivity contribution in [3.63, 3.8) is 0 Å². The molecule has 1 aromatic carbocycles. The highest BCUT2D eigenvalue weighted by molar-refractivity contribution is 5.90. The van der Waals surface area contributed by atoms with Gasteiger partial charge in [0.05, 0.1) is 5.69 Å². The number of nitrogens with zero attached hydrogens (tertiary/aromatic N) is 4. The maximum Gasteiger partial charge on any atom is 0.408 e. The van der Waals surface area contributed by atoms with Crippen LogP contribution >= 0.6 is 0 Å². The lowest BCUT2D eigenvalue weighted by Crippen LogP contribution is -2.60. The first-order valence-electron chi connectivity index (χ1n) is 18.0. The molecule has 15 heteroatoms. The van der Waals surface area contributed by atoms with Crippen LogP contribution in [-0.2, 0) is 20.7 Å². The summed E-state index contributed by atoms with van der Waals surface area (Å²) in [6.07, 6.45) is 4.49. The number of urea groups is 1. The Balaban J connectivity index is 1.19. The van der Waals surface area contributed by atoms with Crippen LogP contribution in [-0.4, -0.2) is 106 Å². The van der Waals surface area contributed by atoms with E-state index in [1.54, 1.807) is 56.7 Å². The highest BCUT2D eigenvalue weighted by Gasteiger charge is 2.37. The maximum atomic E-state index is 13.1. The van der Waals surface area contributed by atoms with Gasteiger partial charge in [0.15, 0.2) is 0 Å². The average Bonchev–Trinajstić information content (AvgIpc) is 3.50. The molecule has 0 unspecified atom stereocenters. The van der Waals surface area contributed by atoms with Gasteiger partial charge in [-0.1, -0.05) is 12.1 Å². The lowest BCUT2D eigenvalue weighted by atomic mass is 10.0. The molecule has 4 rings (SSSR count). The standard InChI is InChI=1S/C37H56N8O7/c1-35(2,3)51-33(49)39-24-26-9-12-27(23-26)38-17-15-25-10-13-28(14-11-25)45-18-16-29(41-32(45)48)40-31(47)44-21-19-43(20-22-44)30(46)37(7,8)42-34(50)52-36(4,5)6/h10-11,13-14,16,18,26-27,38H,9,12,15,17,19-24H2,1-8H3,(H,39,49)(H,42,50)(H,40,41,47,48)/t26-,27+/m1/s1. The number of ether oxygens (including phenoxy) is 2. The fourth-order valence-electron chi connectivity index (χ4n) is 6.21. The SMILES string of the molecule is CC(C)(C)OC(=O)NC[C@@H]1CC[C@H](NCCc2ccc(-n3ccc(NC(=O)N4CCN(C(=O)C(C)(C)NC(=O)OC(C)(C)C)CC4)nc3=O)cc2)C1. The molecule has 0 spiro atoms. The Hall–Kier alpha value is -4.66. The number of anilines is 1. The van der Waals surface area contributed by atoms with Crippen molar-refractivity contribution in [1.29, 1.82) is 0 Å². The van der Waals surface area contributed by atoms with E-state index < -0.39 is 34.6 Å². The predicted molar refractivity (Wildman–Crippen MR) is 198 cm³/mol. The number of benzene rings is 1. The van der Waals surface area contributed by atoms with E-state index in [2.05, 4.69) is 26.3 Å². The Morgan fingerprint density at radius 2 is 1.44 bits per heavy atom. The van der Waals surface area contributed by atoms with Crippen molar-refractivity contribution in [2.75, 3.05) is 44.6 Å². The van der Waals surface area contributed by atoms with Crippen LogP contribution in [0, 0.1) is 5.92 Å². The first-order chi connectivity index (χ1) is 24.3. The molecule has 15 nitrogen and oxygen atoms in total. The van der Waals surface area contributed by atoms with Crippen LogP contribution in [0.25, 0.3) is 5.69 Å². The summed E-state index contributed by atoms with van der Waals surface area (Å²) in [5, 5.41) is 11.8. The molecule has 0 bridgehead atoms. The van der Waals surface area contributed by atoms with Crippen molar-refractivity contribution >= 4 is 29.9 Å². The van der Waals surface area contributed by atoms with Crippen LogP contribution in [0.15, 0.2) is 41.3 Å². The van der Waals surface area contributed by atoms with Gasteiger partial charge < -0.3 is 35.2 Å². The van der Waals surface area contributed by atoms with Crippen molar-refractivity contribution in [2.45, 2.75) is 104 Å². The molecule has 1 saturated carbocycles. The van der Waals surface area contributed by atoms with Crippen molar-refractivity contribution in [3.8, 4) is 5.69 Å². The van der Waals surface area contributed by atoms with Gasteiger partial charge in [0.25, 0.3) is 0 Å². The molecule has 1 aromatic heterocycles. The number of aromatic nitrogens is 2. The summed E-state index contributed by atoms with van der Waals surface area (Å²) in [7, 11) is 0. The second kappa shape index (κ2) is 16.8. The Morgan fingerprint density at radius 3 is 2.06 bits per heavy atom. The van der Waals surface area contributed by atoms with Gasteiger partial charge in [-0.05, 0) is 117 Å². The van der Waals surface area contributed by atoms with E-state index in [1.165, 1.54) is 4.57 Å². The number of carbonyl (C=O) groups excluding carboxylic acids is 4. The van der Waals surface area contributed by atoms with Crippen LogP contribution < -0.4 is 27.0 Å². The molecule has 2 fully saturated rings. The third-order valence-corrected chi connectivity index (χ3v) is 8.78. The lowest BCUT2D eigenvalue weighted by Gasteiger charge is -2.38. The summed E-state index contributed by atoms with van der Waals surface area (Å²) in [6.45, 7) is 16.6. The number of alkyl carbamates (subject to hydrolysis) is 2. The molecule has 2 atom stereocenters. The smallest absolute Gasteiger partial charge is 0.408 e.